The van der Waals surface area contributed by atoms with Crippen molar-refractivity contribution in [2.75, 3.05) is 13.2 Å². The van der Waals surface area contributed by atoms with Crippen molar-refractivity contribution in [1.82, 2.24) is 4.47 Å². The van der Waals surface area contributed by atoms with Crippen LogP contribution in [0.5, 0.6) is 0 Å². The minimum atomic E-state index is -3.71. The van der Waals surface area contributed by atoms with Gasteiger partial charge in [0.2, 0.25) is 5.91 Å². The van der Waals surface area contributed by atoms with Crippen molar-refractivity contribution in [2.45, 2.75) is 18.2 Å². The highest BCUT2D eigenvalue weighted by Gasteiger charge is 2.29. The number of aryl methyl sites for hydroxylation is 1. The highest BCUT2D eigenvalue weighted by atomic mass is 32.2. The lowest BCUT2D eigenvalue weighted by atomic mass is 10.1. The molecule has 0 unspecified atom stereocenters. The summed E-state index contributed by atoms with van der Waals surface area (Å²) in [6, 6.07) is 4.29. The fourth-order valence-corrected chi connectivity index (χ4v) is 3.08. The standard InChI is InChI=1S/C11H14N2O4S/c1-8-3-4-9(7-10(8)11(12)14)18(15,16)13-5-2-6-17-13/h3-4,7H,2,5-6H2,1H3,(H2,12,14). The van der Waals surface area contributed by atoms with Crippen molar-refractivity contribution in [3.63, 3.8) is 0 Å². The fourth-order valence-electron chi connectivity index (χ4n) is 1.76. The van der Waals surface area contributed by atoms with E-state index < -0.39 is 15.9 Å². The van der Waals surface area contributed by atoms with Crippen LogP contribution in [-0.4, -0.2) is 31.9 Å². The lowest BCUT2D eigenvalue weighted by Crippen LogP contribution is -2.27. The van der Waals surface area contributed by atoms with Gasteiger partial charge < -0.3 is 5.73 Å². The van der Waals surface area contributed by atoms with E-state index in [2.05, 4.69) is 0 Å². The first-order valence-electron chi connectivity index (χ1n) is 5.49. The van der Waals surface area contributed by atoms with E-state index >= 15 is 0 Å². The van der Waals surface area contributed by atoms with E-state index in [1.165, 1.54) is 12.1 Å². The minimum absolute atomic E-state index is 0.0174. The molecule has 7 heteroatoms. The Labute approximate surface area is 105 Å². The quantitative estimate of drug-likeness (QED) is 0.862. The number of hydrogen-bond acceptors (Lipinski definition) is 4. The van der Waals surface area contributed by atoms with E-state index in [0.29, 0.717) is 25.1 Å². The van der Waals surface area contributed by atoms with Gasteiger partial charge in [0, 0.05) is 12.1 Å². The normalized spacial score (nSPS) is 16.9. The second-order valence-corrected chi connectivity index (χ2v) is 5.89. The minimum Gasteiger partial charge on any atom is -0.366 e. The Hall–Kier alpha value is -1.44. The molecule has 0 radical (unpaired) electrons. The number of benzene rings is 1. The van der Waals surface area contributed by atoms with E-state index in [0.717, 1.165) is 4.47 Å². The zero-order chi connectivity index (χ0) is 13.3. The molecule has 2 N–H and O–H groups in total. The molecule has 0 atom stereocenters. The lowest BCUT2D eigenvalue weighted by molar-refractivity contribution is -0.0284. The molecule has 1 saturated heterocycles. The number of rotatable bonds is 3. The number of primary amides is 1. The first-order valence-corrected chi connectivity index (χ1v) is 6.93. The van der Waals surface area contributed by atoms with Gasteiger partial charge >= 0.3 is 0 Å². The summed E-state index contributed by atoms with van der Waals surface area (Å²) >= 11 is 0. The summed E-state index contributed by atoms with van der Waals surface area (Å²) in [6.45, 7) is 2.40. The van der Waals surface area contributed by atoms with Gasteiger partial charge in [-0.1, -0.05) is 10.5 Å². The lowest BCUT2D eigenvalue weighted by Gasteiger charge is -2.15. The van der Waals surface area contributed by atoms with Gasteiger partial charge in [-0.3, -0.25) is 9.63 Å². The molecule has 18 heavy (non-hydrogen) atoms. The van der Waals surface area contributed by atoms with Gasteiger partial charge in [0.25, 0.3) is 10.0 Å². The second kappa shape index (κ2) is 4.68. The first-order chi connectivity index (χ1) is 8.43. The van der Waals surface area contributed by atoms with Crippen molar-refractivity contribution in [1.29, 1.82) is 0 Å². The van der Waals surface area contributed by atoms with E-state index in [1.807, 2.05) is 0 Å². The largest absolute Gasteiger partial charge is 0.366 e. The fraction of sp³-hybridized carbons (Fsp3) is 0.364. The number of sulfonamides is 1. The first kappa shape index (κ1) is 13.0. The van der Waals surface area contributed by atoms with Crippen LogP contribution in [0.1, 0.15) is 22.3 Å². The van der Waals surface area contributed by atoms with E-state index in [9.17, 15) is 13.2 Å². The summed E-state index contributed by atoms with van der Waals surface area (Å²) in [5, 5.41) is 0. The van der Waals surface area contributed by atoms with Crippen LogP contribution < -0.4 is 5.73 Å². The molecule has 1 amide bonds. The topological polar surface area (TPSA) is 89.7 Å². The van der Waals surface area contributed by atoms with Crippen LogP contribution in [0, 0.1) is 6.92 Å². The van der Waals surface area contributed by atoms with Gasteiger partial charge in [-0.05, 0) is 31.0 Å². The molecule has 0 aliphatic carbocycles. The van der Waals surface area contributed by atoms with Gasteiger partial charge in [-0.15, -0.1) is 0 Å². The number of carbonyl (C=O) groups is 1. The average Bonchev–Trinajstić information content (AvgIpc) is 2.82. The third kappa shape index (κ3) is 2.24. The molecule has 1 aliphatic rings. The molecule has 98 valence electrons. The Morgan fingerprint density at radius 2 is 2.17 bits per heavy atom. The molecule has 0 bridgehead atoms. The predicted molar refractivity (Wildman–Crippen MR) is 64.2 cm³/mol. The summed E-state index contributed by atoms with van der Waals surface area (Å²) in [6.07, 6.45) is 0.660. The van der Waals surface area contributed by atoms with Gasteiger partial charge in [-0.2, -0.15) is 0 Å². The van der Waals surface area contributed by atoms with E-state index in [4.69, 9.17) is 10.6 Å². The zero-order valence-electron chi connectivity index (χ0n) is 9.92. The van der Waals surface area contributed by atoms with Gasteiger partial charge in [0.1, 0.15) is 0 Å². The Morgan fingerprint density at radius 1 is 1.44 bits per heavy atom. The molecular formula is C11H14N2O4S. The van der Waals surface area contributed by atoms with Crippen LogP contribution >= 0.6 is 0 Å². The maximum absolute atomic E-state index is 12.2. The van der Waals surface area contributed by atoms with Gasteiger partial charge in [0.05, 0.1) is 11.5 Å². The second-order valence-electron chi connectivity index (χ2n) is 4.06. The van der Waals surface area contributed by atoms with Crippen molar-refractivity contribution >= 4 is 15.9 Å². The molecule has 1 heterocycles. The highest BCUT2D eigenvalue weighted by Crippen LogP contribution is 2.22. The molecule has 1 fully saturated rings. The number of carbonyl (C=O) groups excluding carboxylic acids is 1. The molecule has 6 nitrogen and oxygen atoms in total. The predicted octanol–water partition coefficient (Wildman–Crippen LogP) is 0.420. The van der Waals surface area contributed by atoms with Crippen molar-refractivity contribution in [2.24, 2.45) is 5.73 Å². The van der Waals surface area contributed by atoms with Crippen LogP contribution in [0.3, 0.4) is 0 Å². The summed E-state index contributed by atoms with van der Waals surface area (Å²) in [5.74, 6) is -0.646. The zero-order valence-corrected chi connectivity index (χ0v) is 10.7. The molecular weight excluding hydrogens is 256 g/mol. The maximum atomic E-state index is 12.2. The van der Waals surface area contributed by atoms with Crippen LogP contribution in [0.4, 0.5) is 0 Å². The van der Waals surface area contributed by atoms with Crippen molar-refractivity contribution in [3.8, 4) is 0 Å². The molecule has 1 aromatic rings. The number of nitrogens with two attached hydrogens (primary N) is 1. The molecule has 1 aliphatic heterocycles. The van der Waals surface area contributed by atoms with E-state index in [-0.39, 0.29) is 10.5 Å². The average molecular weight is 270 g/mol. The van der Waals surface area contributed by atoms with Crippen LogP contribution in [0.25, 0.3) is 0 Å². The summed E-state index contributed by atoms with van der Waals surface area (Å²) in [7, 11) is -3.71. The van der Waals surface area contributed by atoms with E-state index in [1.54, 1.807) is 13.0 Å². The Kier molecular flexibility index (Phi) is 3.38. The third-order valence-electron chi connectivity index (χ3n) is 2.76. The summed E-state index contributed by atoms with van der Waals surface area (Å²) in [4.78, 5) is 16.3. The highest BCUT2D eigenvalue weighted by molar-refractivity contribution is 7.89. The third-order valence-corrected chi connectivity index (χ3v) is 4.43. The number of hydroxylamine groups is 1. The number of amides is 1. The Morgan fingerprint density at radius 3 is 2.72 bits per heavy atom. The van der Waals surface area contributed by atoms with Crippen LogP contribution in [0.2, 0.25) is 0 Å². The molecule has 0 aromatic heterocycles. The smallest absolute Gasteiger partial charge is 0.265 e. The summed E-state index contributed by atoms with van der Waals surface area (Å²) in [5.41, 5.74) is 6.05. The molecule has 2 rings (SSSR count). The van der Waals surface area contributed by atoms with Crippen LogP contribution in [-0.2, 0) is 14.9 Å². The van der Waals surface area contributed by atoms with Gasteiger partial charge in [0.15, 0.2) is 0 Å². The Balaban J connectivity index is 2.45. The van der Waals surface area contributed by atoms with Crippen molar-refractivity contribution < 1.29 is 18.0 Å². The Bertz CT molecular complexity index is 577. The molecule has 0 spiro atoms. The SMILES string of the molecule is Cc1ccc(S(=O)(=O)N2CCCO2)cc1C(N)=O. The summed E-state index contributed by atoms with van der Waals surface area (Å²) < 4.78 is 25.3. The number of hydrogen-bond donors (Lipinski definition) is 1. The maximum Gasteiger partial charge on any atom is 0.265 e. The monoisotopic (exact) mass is 270 g/mol. The molecule has 1 aromatic carbocycles. The van der Waals surface area contributed by atoms with Crippen LogP contribution in [0.15, 0.2) is 23.1 Å². The van der Waals surface area contributed by atoms with Crippen molar-refractivity contribution in [3.05, 3.63) is 29.3 Å². The molecule has 0 saturated carbocycles. The van der Waals surface area contributed by atoms with Gasteiger partial charge in [-0.25, -0.2) is 8.42 Å². The number of nitrogens with zero attached hydrogens (tertiary/aromatic N) is 1.